The van der Waals surface area contributed by atoms with Crippen molar-refractivity contribution in [2.24, 2.45) is 10.7 Å². The molecule has 1 unspecified atom stereocenters. The average Bonchev–Trinajstić information content (AvgIpc) is 3.18. The van der Waals surface area contributed by atoms with Crippen LogP contribution in [0.2, 0.25) is 0 Å². The Kier molecular flexibility index (Phi) is 7.97. The third-order valence-corrected chi connectivity index (χ3v) is 4.76. The number of nitrogens with two attached hydrogens (primary N) is 1. The minimum atomic E-state index is 0. The lowest BCUT2D eigenvalue weighted by Crippen LogP contribution is -2.37. The van der Waals surface area contributed by atoms with E-state index in [0.29, 0.717) is 18.0 Å². The molecule has 0 radical (unpaired) electrons. The van der Waals surface area contributed by atoms with Crippen LogP contribution in [0.15, 0.2) is 21.8 Å². The molecule has 1 aromatic rings. The lowest BCUT2D eigenvalue weighted by atomic mass is 10.1. The van der Waals surface area contributed by atoms with Crippen LogP contribution in [-0.4, -0.2) is 48.5 Å². The van der Waals surface area contributed by atoms with Gasteiger partial charge in [-0.2, -0.15) is 11.3 Å². The Labute approximate surface area is 149 Å². The smallest absolute Gasteiger partial charge is 0.191 e. The molecule has 4 nitrogen and oxygen atoms in total. The van der Waals surface area contributed by atoms with E-state index >= 15 is 0 Å². The molecule has 1 aliphatic rings. The van der Waals surface area contributed by atoms with Gasteiger partial charge < -0.3 is 10.6 Å². The van der Waals surface area contributed by atoms with Gasteiger partial charge in [0.25, 0.3) is 0 Å². The van der Waals surface area contributed by atoms with Crippen molar-refractivity contribution < 1.29 is 0 Å². The molecule has 120 valence electrons. The van der Waals surface area contributed by atoms with Crippen LogP contribution in [0.25, 0.3) is 0 Å². The van der Waals surface area contributed by atoms with Crippen molar-refractivity contribution in [3.8, 4) is 0 Å². The monoisotopic (exact) mass is 422 g/mol. The molecule has 2 N–H and O–H groups in total. The number of thiophene rings is 1. The molecule has 1 aliphatic carbocycles. The molecular weight excluding hydrogens is 395 g/mol. The van der Waals surface area contributed by atoms with Gasteiger partial charge in [-0.1, -0.05) is 13.8 Å². The zero-order chi connectivity index (χ0) is 14.5. The van der Waals surface area contributed by atoms with E-state index in [0.717, 1.165) is 19.6 Å². The molecule has 0 bridgehead atoms. The summed E-state index contributed by atoms with van der Waals surface area (Å²) >= 11 is 1.74. The van der Waals surface area contributed by atoms with Crippen LogP contribution in [0.5, 0.6) is 0 Å². The molecule has 21 heavy (non-hydrogen) atoms. The van der Waals surface area contributed by atoms with Crippen LogP contribution >= 0.6 is 35.3 Å². The van der Waals surface area contributed by atoms with E-state index in [-0.39, 0.29) is 24.0 Å². The topological polar surface area (TPSA) is 44.9 Å². The summed E-state index contributed by atoms with van der Waals surface area (Å²) in [4.78, 5) is 9.20. The Morgan fingerprint density at radius 2 is 2.10 bits per heavy atom. The molecule has 6 heteroatoms. The first-order chi connectivity index (χ1) is 9.67. The molecule has 0 saturated heterocycles. The number of hydrogen-bond acceptors (Lipinski definition) is 3. The van der Waals surface area contributed by atoms with Gasteiger partial charge >= 0.3 is 0 Å². The molecular formula is C15H27IN4S. The second-order valence-corrected chi connectivity index (χ2v) is 6.11. The standard InChI is InChI=1S/C15H26N4S.HI/c1-4-19(5-2)14(12-8-9-20-11-12)10-17-15(16)18(3)13-6-7-13;/h8-9,11,13-14H,4-7,10H2,1-3H3,(H2,16,17);1H. The minimum Gasteiger partial charge on any atom is -0.370 e. The molecule has 1 heterocycles. The largest absolute Gasteiger partial charge is 0.370 e. The molecule has 2 rings (SSSR count). The maximum absolute atomic E-state index is 6.10. The van der Waals surface area contributed by atoms with Crippen molar-refractivity contribution in [1.29, 1.82) is 0 Å². The van der Waals surface area contributed by atoms with Gasteiger partial charge in [-0.15, -0.1) is 24.0 Å². The van der Waals surface area contributed by atoms with E-state index in [1.807, 2.05) is 7.05 Å². The fourth-order valence-electron chi connectivity index (χ4n) is 2.50. The van der Waals surface area contributed by atoms with Crippen LogP contribution in [0.4, 0.5) is 0 Å². The highest BCUT2D eigenvalue weighted by molar-refractivity contribution is 14.0. The summed E-state index contributed by atoms with van der Waals surface area (Å²) in [6, 6.07) is 3.15. The summed E-state index contributed by atoms with van der Waals surface area (Å²) in [5.74, 6) is 0.680. The number of halogens is 1. The van der Waals surface area contributed by atoms with Gasteiger partial charge in [-0.25, -0.2) is 0 Å². The van der Waals surface area contributed by atoms with Gasteiger partial charge in [-0.05, 0) is 48.3 Å². The lowest BCUT2D eigenvalue weighted by molar-refractivity contribution is 0.224. The second-order valence-electron chi connectivity index (χ2n) is 5.33. The van der Waals surface area contributed by atoms with Crippen molar-refractivity contribution >= 4 is 41.3 Å². The van der Waals surface area contributed by atoms with Gasteiger partial charge in [0.1, 0.15) is 0 Å². The van der Waals surface area contributed by atoms with Gasteiger partial charge in [0.2, 0.25) is 0 Å². The Morgan fingerprint density at radius 3 is 2.57 bits per heavy atom. The Morgan fingerprint density at radius 1 is 1.43 bits per heavy atom. The normalized spacial score (nSPS) is 16.7. The SMILES string of the molecule is CCN(CC)C(CN=C(N)N(C)C1CC1)c1ccsc1.I. The van der Waals surface area contributed by atoms with Crippen LogP contribution in [0, 0.1) is 0 Å². The van der Waals surface area contributed by atoms with E-state index < -0.39 is 0 Å². The van der Waals surface area contributed by atoms with Crippen molar-refractivity contribution in [3.05, 3.63) is 22.4 Å². The highest BCUT2D eigenvalue weighted by Crippen LogP contribution is 2.26. The molecule has 1 saturated carbocycles. The Hall–Kier alpha value is -0.340. The number of aliphatic imine (C=N–C) groups is 1. The number of hydrogen-bond donors (Lipinski definition) is 1. The van der Waals surface area contributed by atoms with Gasteiger partial charge in [-0.3, -0.25) is 9.89 Å². The van der Waals surface area contributed by atoms with Gasteiger partial charge in [0.05, 0.1) is 12.6 Å². The maximum atomic E-state index is 6.10. The van der Waals surface area contributed by atoms with Crippen molar-refractivity contribution in [2.75, 3.05) is 26.7 Å². The first kappa shape index (κ1) is 18.7. The molecule has 1 atom stereocenters. The van der Waals surface area contributed by atoms with Crippen molar-refractivity contribution in [3.63, 3.8) is 0 Å². The van der Waals surface area contributed by atoms with Crippen LogP contribution < -0.4 is 5.73 Å². The Bertz CT molecular complexity index is 427. The number of nitrogens with zero attached hydrogens (tertiary/aromatic N) is 3. The molecule has 0 amide bonds. The summed E-state index contributed by atoms with van der Waals surface area (Å²) < 4.78 is 0. The first-order valence-electron chi connectivity index (χ1n) is 7.46. The van der Waals surface area contributed by atoms with E-state index in [4.69, 9.17) is 5.73 Å². The Balaban J connectivity index is 0.00000220. The fraction of sp³-hybridized carbons (Fsp3) is 0.667. The predicted octanol–water partition coefficient (Wildman–Crippen LogP) is 3.16. The number of guanidine groups is 1. The molecule has 1 fully saturated rings. The summed E-state index contributed by atoms with van der Waals surface area (Å²) in [7, 11) is 2.05. The third kappa shape index (κ3) is 5.10. The van der Waals surface area contributed by atoms with Crippen molar-refractivity contribution in [2.45, 2.75) is 38.8 Å². The zero-order valence-corrected chi connectivity index (χ0v) is 16.3. The average molecular weight is 422 g/mol. The van der Waals surface area contributed by atoms with Crippen LogP contribution in [-0.2, 0) is 0 Å². The highest BCUT2D eigenvalue weighted by atomic mass is 127. The van der Waals surface area contributed by atoms with Gasteiger partial charge in [0, 0.05) is 13.1 Å². The predicted molar refractivity (Wildman–Crippen MR) is 103 cm³/mol. The summed E-state index contributed by atoms with van der Waals surface area (Å²) in [6.45, 7) is 7.20. The molecule has 1 aromatic heterocycles. The summed E-state index contributed by atoms with van der Waals surface area (Å²) in [6.07, 6.45) is 2.49. The van der Waals surface area contributed by atoms with Crippen molar-refractivity contribution in [1.82, 2.24) is 9.80 Å². The number of likely N-dealkylation sites (N-methyl/N-ethyl adjacent to an activating group) is 1. The maximum Gasteiger partial charge on any atom is 0.191 e. The molecule has 0 aliphatic heterocycles. The quantitative estimate of drug-likeness (QED) is 0.417. The first-order valence-corrected chi connectivity index (χ1v) is 8.40. The van der Waals surface area contributed by atoms with Crippen LogP contribution in [0.3, 0.4) is 0 Å². The fourth-order valence-corrected chi connectivity index (χ4v) is 3.21. The van der Waals surface area contributed by atoms with E-state index in [1.54, 1.807) is 11.3 Å². The molecule has 0 spiro atoms. The lowest BCUT2D eigenvalue weighted by Gasteiger charge is -2.28. The highest BCUT2D eigenvalue weighted by Gasteiger charge is 2.27. The third-order valence-electron chi connectivity index (χ3n) is 4.06. The van der Waals surface area contributed by atoms with E-state index in [9.17, 15) is 0 Å². The second kappa shape index (κ2) is 8.95. The van der Waals surface area contributed by atoms with Crippen LogP contribution in [0.1, 0.15) is 38.3 Å². The zero-order valence-electron chi connectivity index (χ0n) is 13.2. The molecule has 0 aromatic carbocycles. The number of rotatable bonds is 7. The minimum absolute atomic E-state index is 0. The van der Waals surface area contributed by atoms with E-state index in [1.165, 1.54) is 18.4 Å². The summed E-state index contributed by atoms with van der Waals surface area (Å²) in [5, 5.41) is 4.36. The summed E-state index contributed by atoms with van der Waals surface area (Å²) in [5.41, 5.74) is 7.45. The van der Waals surface area contributed by atoms with Gasteiger partial charge in [0.15, 0.2) is 5.96 Å². The van der Waals surface area contributed by atoms with E-state index in [2.05, 4.69) is 45.5 Å².